The monoisotopic (exact) mass is 552 g/mol. The lowest BCUT2D eigenvalue weighted by Crippen LogP contribution is -2.60. The third-order valence-electron chi connectivity index (χ3n) is 7.83. The number of rotatable bonds is 15. The molecule has 0 heterocycles. The molecular weight excluding hydrogens is 504 g/mol. The van der Waals surface area contributed by atoms with Gasteiger partial charge < -0.3 is 14.2 Å². The minimum Gasteiger partial charge on any atom is -0.468 e. The Morgan fingerprint density at radius 1 is 0.925 bits per heavy atom. The van der Waals surface area contributed by atoms with Crippen LogP contribution in [0.4, 0.5) is 0 Å². The van der Waals surface area contributed by atoms with E-state index in [-0.39, 0.29) is 37.6 Å². The van der Waals surface area contributed by atoms with Crippen LogP contribution < -0.4 is 5.84 Å². The maximum absolute atomic E-state index is 13.7. The molecule has 220 valence electrons. The number of hydrogen-bond donors (Lipinski definition) is 1. The molecule has 0 aromatic heterocycles. The summed E-state index contributed by atoms with van der Waals surface area (Å²) >= 11 is 0. The summed E-state index contributed by atoms with van der Waals surface area (Å²) in [4.78, 5) is 26.9. The van der Waals surface area contributed by atoms with Crippen molar-refractivity contribution in [2.75, 3.05) is 26.9 Å². The van der Waals surface area contributed by atoms with Crippen LogP contribution in [0.15, 0.2) is 48.5 Å². The molecule has 7 nitrogen and oxygen atoms in total. The minimum atomic E-state index is -1.01. The molecule has 0 amide bonds. The number of hydrazine groups is 1. The maximum Gasteiger partial charge on any atom is 0.327 e. The van der Waals surface area contributed by atoms with Gasteiger partial charge in [0.15, 0.2) is 0 Å². The predicted molar refractivity (Wildman–Crippen MR) is 159 cm³/mol. The summed E-state index contributed by atoms with van der Waals surface area (Å²) in [5, 5.41) is 1.53. The summed E-state index contributed by atoms with van der Waals surface area (Å²) in [5.41, 5.74) is 3.20. The summed E-state index contributed by atoms with van der Waals surface area (Å²) < 4.78 is 17.3. The fourth-order valence-electron chi connectivity index (χ4n) is 5.54. The van der Waals surface area contributed by atoms with Gasteiger partial charge in [-0.3, -0.25) is 10.6 Å². The number of nitrogens with two attached hydrogens (primary N) is 1. The van der Waals surface area contributed by atoms with Crippen molar-refractivity contribution in [1.82, 2.24) is 5.01 Å². The van der Waals surface area contributed by atoms with E-state index >= 15 is 0 Å². The molecule has 1 atom stereocenters. The lowest BCUT2D eigenvalue weighted by Gasteiger charge is -2.40. The van der Waals surface area contributed by atoms with Gasteiger partial charge >= 0.3 is 11.9 Å². The summed E-state index contributed by atoms with van der Waals surface area (Å²) in [6.45, 7) is 10.5. The fraction of sp³-hybridized carbons (Fsp3) is 0.576. The molecule has 0 fully saturated rings. The average molecular weight is 553 g/mol. The zero-order chi connectivity index (χ0) is 29.3. The van der Waals surface area contributed by atoms with Gasteiger partial charge in [0, 0.05) is 12.5 Å². The zero-order valence-electron chi connectivity index (χ0n) is 25.2. The Morgan fingerprint density at radius 3 is 1.93 bits per heavy atom. The molecule has 2 N–H and O–H groups in total. The van der Waals surface area contributed by atoms with Crippen LogP contribution in [0, 0.1) is 5.92 Å². The Kier molecular flexibility index (Phi) is 11.3. The van der Waals surface area contributed by atoms with Crippen LogP contribution in [0.1, 0.15) is 90.2 Å². The van der Waals surface area contributed by atoms with E-state index in [0.29, 0.717) is 12.8 Å². The van der Waals surface area contributed by atoms with Gasteiger partial charge in [-0.1, -0.05) is 88.1 Å². The molecule has 0 bridgehead atoms. The number of nitrogens with zero attached hydrogens (tertiary/aromatic N) is 1. The fourth-order valence-corrected chi connectivity index (χ4v) is 5.54. The van der Waals surface area contributed by atoms with Crippen molar-refractivity contribution in [2.24, 2.45) is 11.8 Å². The van der Waals surface area contributed by atoms with Crippen molar-refractivity contribution < 1.29 is 23.8 Å². The first-order valence-corrected chi connectivity index (χ1v) is 14.7. The van der Waals surface area contributed by atoms with Gasteiger partial charge in [-0.15, -0.1) is 0 Å². The van der Waals surface area contributed by atoms with Gasteiger partial charge in [0.25, 0.3) is 0 Å². The smallest absolute Gasteiger partial charge is 0.327 e. The number of fused-ring (bicyclic) bond motifs is 3. The number of benzene rings is 2. The van der Waals surface area contributed by atoms with Crippen LogP contribution in [-0.2, 0) is 23.8 Å². The van der Waals surface area contributed by atoms with Crippen LogP contribution >= 0.6 is 0 Å². The molecule has 0 saturated heterocycles. The van der Waals surface area contributed by atoms with E-state index in [4.69, 9.17) is 20.1 Å². The lowest BCUT2D eigenvalue weighted by atomic mass is 9.85. The SMILES string of the molecule is CCCCC(CCCC)(C(=O)OC)N(N)CC(COC(C)(C)C)C(=O)OCC1c2ccccc2-c2ccccc21. The number of hydrogen-bond acceptors (Lipinski definition) is 7. The van der Waals surface area contributed by atoms with Crippen molar-refractivity contribution >= 4 is 11.9 Å². The van der Waals surface area contributed by atoms with Crippen LogP contribution in [0.3, 0.4) is 0 Å². The number of esters is 2. The van der Waals surface area contributed by atoms with Crippen molar-refractivity contribution in [3.63, 3.8) is 0 Å². The van der Waals surface area contributed by atoms with Gasteiger partial charge in [-0.2, -0.15) is 0 Å². The normalized spacial score (nSPS) is 14.1. The van der Waals surface area contributed by atoms with E-state index in [9.17, 15) is 9.59 Å². The summed E-state index contributed by atoms with van der Waals surface area (Å²) in [6.07, 6.45) is 4.60. The van der Waals surface area contributed by atoms with Crippen molar-refractivity contribution in [2.45, 2.75) is 90.2 Å². The van der Waals surface area contributed by atoms with Gasteiger partial charge in [-0.05, 0) is 55.9 Å². The van der Waals surface area contributed by atoms with Gasteiger partial charge in [0.2, 0.25) is 0 Å². The Morgan fingerprint density at radius 2 is 1.45 bits per heavy atom. The zero-order valence-corrected chi connectivity index (χ0v) is 25.2. The molecule has 3 rings (SSSR count). The summed E-state index contributed by atoms with van der Waals surface area (Å²) in [7, 11) is 1.40. The molecule has 0 saturated carbocycles. The molecule has 1 unspecified atom stereocenters. The molecule has 7 heteroatoms. The molecule has 0 spiro atoms. The Balaban J connectivity index is 1.83. The predicted octanol–water partition coefficient (Wildman–Crippen LogP) is 6.24. The van der Waals surface area contributed by atoms with Crippen LogP contribution in [-0.4, -0.2) is 55.0 Å². The summed E-state index contributed by atoms with van der Waals surface area (Å²) in [5.74, 6) is 5.24. The lowest BCUT2D eigenvalue weighted by molar-refractivity contribution is -0.164. The molecule has 40 heavy (non-hydrogen) atoms. The largest absolute Gasteiger partial charge is 0.468 e. The molecule has 2 aromatic carbocycles. The van der Waals surface area contributed by atoms with Crippen LogP contribution in [0.5, 0.6) is 0 Å². The van der Waals surface area contributed by atoms with Gasteiger partial charge in [0.05, 0.1) is 25.2 Å². The number of unbranched alkanes of at least 4 members (excludes halogenated alkanes) is 2. The molecule has 0 aliphatic heterocycles. The molecule has 0 radical (unpaired) electrons. The van der Waals surface area contributed by atoms with Crippen molar-refractivity contribution in [3.8, 4) is 11.1 Å². The molecule has 2 aromatic rings. The third-order valence-corrected chi connectivity index (χ3v) is 7.83. The van der Waals surface area contributed by atoms with E-state index in [1.807, 2.05) is 45.0 Å². The number of carbonyl (C=O) groups excluding carboxylic acids is 2. The number of methoxy groups -OCH3 is 1. The Labute approximate surface area is 240 Å². The highest BCUT2D eigenvalue weighted by Gasteiger charge is 2.44. The quantitative estimate of drug-likeness (QED) is 0.159. The Bertz CT molecular complexity index is 1070. The van der Waals surface area contributed by atoms with Crippen LogP contribution in [0.25, 0.3) is 11.1 Å². The first kappa shape index (κ1) is 31.8. The van der Waals surface area contributed by atoms with Crippen molar-refractivity contribution in [1.29, 1.82) is 0 Å². The van der Waals surface area contributed by atoms with E-state index < -0.39 is 17.1 Å². The highest BCUT2D eigenvalue weighted by Crippen LogP contribution is 2.44. The van der Waals surface area contributed by atoms with E-state index in [0.717, 1.165) is 36.8 Å². The number of ether oxygens (including phenoxy) is 3. The molecule has 1 aliphatic carbocycles. The maximum atomic E-state index is 13.7. The molecule has 1 aliphatic rings. The van der Waals surface area contributed by atoms with E-state index in [1.165, 1.54) is 23.2 Å². The molecular formula is C33H48N2O5. The standard InChI is InChI=1S/C33H48N2O5/c1-7-9-19-33(20-10-8-2,31(37)38-6)35(34)21-24(22-40-32(3,4)5)30(36)39-23-29-27-17-13-11-15-25(27)26-16-12-14-18-28(26)29/h11-18,24,29H,7-10,19-23,34H2,1-6H3. The van der Waals surface area contributed by atoms with E-state index in [2.05, 4.69) is 38.1 Å². The van der Waals surface area contributed by atoms with Crippen LogP contribution in [0.2, 0.25) is 0 Å². The first-order valence-electron chi connectivity index (χ1n) is 14.7. The second-order valence-electron chi connectivity index (χ2n) is 11.9. The average Bonchev–Trinajstić information content (AvgIpc) is 3.26. The second-order valence-corrected chi connectivity index (χ2v) is 11.9. The Hall–Kier alpha value is -2.74. The first-order chi connectivity index (χ1) is 19.1. The second kappa shape index (κ2) is 14.2. The van der Waals surface area contributed by atoms with Crippen molar-refractivity contribution in [3.05, 3.63) is 59.7 Å². The third kappa shape index (κ3) is 7.50. The summed E-state index contributed by atoms with van der Waals surface area (Å²) in [6, 6.07) is 16.5. The van der Waals surface area contributed by atoms with Gasteiger partial charge in [0.1, 0.15) is 12.1 Å². The van der Waals surface area contributed by atoms with E-state index in [1.54, 1.807) is 0 Å². The number of carbonyl (C=O) groups is 2. The highest BCUT2D eigenvalue weighted by molar-refractivity contribution is 5.81. The highest BCUT2D eigenvalue weighted by atomic mass is 16.5. The topological polar surface area (TPSA) is 91.1 Å². The van der Waals surface area contributed by atoms with Gasteiger partial charge in [-0.25, -0.2) is 9.80 Å². The minimum absolute atomic E-state index is 0.0437.